The molecule has 0 aromatic heterocycles. The lowest BCUT2D eigenvalue weighted by Gasteiger charge is -2.30. The Morgan fingerprint density at radius 1 is 0.514 bits per heavy atom. The van der Waals surface area contributed by atoms with Gasteiger partial charge in [-0.25, -0.2) is 19.2 Å². The number of carbonyl (C=O) groups is 4. The Morgan fingerprint density at radius 2 is 1.00 bits per heavy atom. The summed E-state index contributed by atoms with van der Waals surface area (Å²) < 4.78 is 9.78. The summed E-state index contributed by atoms with van der Waals surface area (Å²) in [6.07, 6.45) is 0. The maximum atomic E-state index is 12.6. The van der Waals surface area contributed by atoms with Crippen molar-refractivity contribution in [2.24, 2.45) is 0 Å². The van der Waals surface area contributed by atoms with E-state index in [9.17, 15) is 24.4 Å². The van der Waals surface area contributed by atoms with E-state index in [1.165, 1.54) is 0 Å². The van der Waals surface area contributed by atoms with Crippen LogP contribution in [-0.4, -0.2) is 23.9 Å². The minimum absolute atomic E-state index is 0.142. The second-order valence-corrected chi connectivity index (χ2v) is 9.41. The van der Waals surface area contributed by atoms with Crippen molar-refractivity contribution in [3.63, 3.8) is 0 Å². The number of rotatable bonds is 0. The number of nitriles is 1. The van der Waals surface area contributed by atoms with E-state index in [2.05, 4.69) is 6.07 Å². The first-order chi connectivity index (χ1) is 17.9. The first kappa shape index (κ1) is 19.9. The van der Waals surface area contributed by atoms with Crippen LogP contribution >= 0.6 is 0 Å². The molecule has 4 aromatic rings. The summed E-state index contributed by atoms with van der Waals surface area (Å²) in [7, 11) is 0. The highest BCUT2D eigenvalue weighted by Crippen LogP contribution is 2.63. The zero-order valence-electron chi connectivity index (χ0n) is 18.7. The molecule has 7 nitrogen and oxygen atoms in total. The van der Waals surface area contributed by atoms with Crippen molar-refractivity contribution in [3.8, 4) is 28.3 Å². The third-order valence-corrected chi connectivity index (χ3v) is 7.84. The highest BCUT2D eigenvalue weighted by atomic mass is 16.6. The van der Waals surface area contributed by atoms with Gasteiger partial charge in [0.05, 0.1) is 39.3 Å². The second kappa shape index (κ2) is 6.25. The van der Waals surface area contributed by atoms with Gasteiger partial charge in [0.25, 0.3) is 0 Å². The van der Waals surface area contributed by atoms with Crippen LogP contribution in [0.15, 0.2) is 66.7 Å². The Bertz CT molecular complexity index is 1840. The number of nitrogens with zero attached hydrogens (tertiary/aromatic N) is 1. The van der Waals surface area contributed by atoms with Gasteiger partial charge >= 0.3 is 23.9 Å². The van der Waals surface area contributed by atoms with Crippen LogP contribution in [0.25, 0.3) is 22.3 Å². The molecule has 8 rings (SSSR count). The molecule has 37 heavy (non-hydrogen) atoms. The molecule has 0 radical (unpaired) electrons. The summed E-state index contributed by atoms with van der Waals surface area (Å²) in [5.41, 5.74) is 6.29. The van der Waals surface area contributed by atoms with E-state index in [4.69, 9.17) is 9.47 Å². The lowest BCUT2D eigenvalue weighted by molar-refractivity contribution is 0.0425. The lowest BCUT2D eigenvalue weighted by atomic mass is 9.69. The van der Waals surface area contributed by atoms with Crippen LogP contribution in [0, 0.1) is 11.3 Å². The first-order valence-electron chi connectivity index (χ1n) is 11.5. The third kappa shape index (κ3) is 2.13. The van der Waals surface area contributed by atoms with Gasteiger partial charge in [-0.05, 0) is 80.9 Å². The molecule has 0 bridgehead atoms. The maximum Gasteiger partial charge on any atom is 0.346 e. The average molecular weight is 481 g/mol. The van der Waals surface area contributed by atoms with Crippen LogP contribution in [0.4, 0.5) is 0 Å². The predicted octanol–water partition coefficient (Wildman–Crippen LogP) is 4.52. The number of fused-ring (bicyclic) bond motifs is 12. The molecule has 172 valence electrons. The second-order valence-electron chi connectivity index (χ2n) is 9.41. The summed E-state index contributed by atoms with van der Waals surface area (Å²) in [5.74, 6) is -2.93. The number of carbonyl (C=O) groups excluding carboxylic acids is 4. The molecule has 2 aliphatic carbocycles. The molecule has 0 atom stereocenters. The van der Waals surface area contributed by atoms with Crippen molar-refractivity contribution in [3.05, 3.63) is 117 Å². The fraction of sp³-hybridized carbons (Fsp3) is 0.0333. The normalized spacial score (nSPS) is 16.4. The highest BCUT2D eigenvalue weighted by Gasteiger charge is 2.54. The van der Waals surface area contributed by atoms with Crippen LogP contribution in [0.2, 0.25) is 0 Å². The molecule has 0 N–H and O–H groups in total. The minimum atomic E-state index is -1.01. The number of hydrogen-bond donors (Lipinski definition) is 0. The first-order valence-corrected chi connectivity index (χ1v) is 11.5. The predicted molar refractivity (Wildman–Crippen MR) is 127 cm³/mol. The topological polar surface area (TPSA) is 111 Å². The van der Waals surface area contributed by atoms with Crippen molar-refractivity contribution in [2.45, 2.75) is 5.41 Å². The van der Waals surface area contributed by atoms with Crippen LogP contribution < -0.4 is 0 Å². The quantitative estimate of drug-likeness (QED) is 0.232. The molecule has 0 fully saturated rings. The summed E-state index contributed by atoms with van der Waals surface area (Å²) in [4.78, 5) is 50.1. The van der Waals surface area contributed by atoms with E-state index in [0.29, 0.717) is 27.8 Å². The summed E-state index contributed by atoms with van der Waals surface area (Å²) in [6.45, 7) is 0. The van der Waals surface area contributed by atoms with Gasteiger partial charge in [-0.15, -0.1) is 0 Å². The molecule has 0 amide bonds. The third-order valence-electron chi connectivity index (χ3n) is 7.84. The van der Waals surface area contributed by atoms with Crippen molar-refractivity contribution in [2.75, 3.05) is 0 Å². The van der Waals surface area contributed by atoms with E-state index < -0.39 is 29.3 Å². The van der Waals surface area contributed by atoms with E-state index in [1.807, 2.05) is 36.4 Å². The number of ether oxygens (including phenoxy) is 2. The van der Waals surface area contributed by atoms with Crippen molar-refractivity contribution >= 4 is 23.9 Å². The SMILES string of the molecule is N#Cc1ccc2c(c1)C1(c3ccccc3-2)c2cc3c(cc2-c2cc4c(cc21)C(=O)OC4=O)C(=O)OC3=O. The van der Waals surface area contributed by atoms with Crippen LogP contribution in [0.3, 0.4) is 0 Å². The maximum absolute atomic E-state index is 12.6. The average Bonchev–Trinajstić information content (AvgIpc) is 3.56. The Balaban J connectivity index is 1.60. The molecule has 2 heterocycles. The number of benzene rings is 4. The van der Waals surface area contributed by atoms with Crippen molar-refractivity contribution in [1.29, 1.82) is 5.26 Å². The van der Waals surface area contributed by atoms with Crippen LogP contribution in [-0.2, 0) is 14.9 Å². The van der Waals surface area contributed by atoms with E-state index >= 15 is 0 Å². The van der Waals surface area contributed by atoms with Crippen molar-refractivity contribution in [1.82, 2.24) is 0 Å². The fourth-order valence-corrected chi connectivity index (χ4v) is 6.40. The van der Waals surface area contributed by atoms with E-state index in [0.717, 1.165) is 22.3 Å². The summed E-state index contributed by atoms with van der Waals surface area (Å²) in [6, 6.07) is 22.1. The molecular formula is C30H11NO6. The molecule has 4 aliphatic rings. The summed E-state index contributed by atoms with van der Waals surface area (Å²) >= 11 is 0. The van der Waals surface area contributed by atoms with Gasteiger partial charge in [-0.1, -0.05) is 30.3 Å². The molecule has 0 unspecified atom stereocenters. The molecule has 0 saturated carbocycles. The number of hydrogen-bond acceptors (Lipinski definition) is 7. The van der Waals surface area contributed by atoms with Gasteiger partial charge < -0.3 is 9.47 Å². The number of esters is 4. The van der Waals surface area contributed by atoms with Crippen molar-refractivity contribution < 1.29 is 28.7 Å². The number of cyclic esters (lactones) is 4. The lowest BCUT2D eigenvalue weighted by Crippen LogP contribution is -2.26. The van der Waals surface area contributed by atoms with E-state index in [1.54, 1.807) is 30.3 Å². The van der Waals surface area contributed by atoms with Crippen LogP contribution in [0.1, 0.15) is 69.2 Å². The van der Waals surface area contributed by atoms with Gasteiger partial charge in [-0.2, -0.15) is 5.26 Å². The minimum Gasteiger partial charge on any atom is -0.386 e. The van der Waals surface area contributed by atoms with Gasteiger partial charge in [0.1, 0.15) is 0 Å². The molecule has 1 spiro atoms. The van der Waals surface area contributed by atoms with Gasteiger partial charge in [0.2, 0.25) is 0 Å². The smallest absolute Gasteiger partial charge is 0.346 e. The zero-order valence-corrected chi connectivity index (χ0v) is 18.7. The molecule has 2 aliphatic heterocycles. The summed E-state index contributed by atoms with van der Waals surface area (Å²) in [5, 5.41) is 9.74. The Kier molecular flexibility index (Phi) is 3.36. The molecule has 7 heteroatoms. The standard InChI is InChI=1S/C30H11NO6/c31-12-13-5-6-15-14-3-1-2-4-22(14)30(23(15)7-13)24-10-20-18(26(32)36-28(20)34)8-16(24)17-9-19-21(11-25(17)30)29(35)37-27(19)33/h1-11H. The highest BCUT2D eigenvalue weighted by molar-refractivity contribution is 6.18. The van der Waals surface area contributed by atoms with E-state index in [-0.39, 0.29) is 22.3 Å². The molecule has 0 saturated heterocycles. The molecular weight excluding hydrogens is 470 g/mol. The van der Waals surface area contributed by atoms with Crippen LogP contribution in [0.5, 0.6) is 0 Å². The monoisotopic (exact) mass is 481 g/mol. The zero-order chi connectivity index (χ0) is 25.2. The Hall–Kier alpha value is -5.35. The molecule has 4 aromatic carbocycles. The Morgan fingerprint density at radius 3 is 1.57 bits per heavy atom. The van der Waals surface area contributed by atoms with Gasteiger partial charge in [0, 0.05) is 0 Å². The van der Waals surface area contributed by atoms with Gasteiger partial charge in [0.15, 0.2) is 0 Å². The van der Waals surface area contributed by atoms with Gasteiger partial charge in [-0.3, -0.25) is 0 Å². The largest absolute Gasteiger partial charge is 0.386 e. The fourth-order valence-electron chi connectivity index (χ4n) is 6.40. The Labute approximate surface area is 208 Å².